The Labute approximate surface area is 108 Å². The fraction of sp³-hybridized carbons (Fsp3) is 0.923. The summed E-state index contributed by atoms with van der Waals surface area (Å²) in [5, 5.41) is 3.93. The van der Waals surface area contributed by atoms with Crippen LogP contribution in [0.4, 0.5) is 0 Å². The van der Waals surface area contributed by atoms with Crippen LogP contribution in [-0.2, 0) is 4.79 Å². The first-order valence-electron chi connectivity index (χ1n) is 6.84. The third-order valence-electron chi connectivity index (χ3n) is 4.28. The zero-order valence-electron chi connectivity index (χ0n) is 10.7. The Morgan fingerprint density at radius 1 is 1.29 bits per heavy atom. The minimum absolute atomic E-state index is 0.150. The second kappa shape index (κ2) is 5.61. The van der Waals surface area contributed by atoms with Crippen LogP contribution < -0.4 is 11.1 Å². The Hall–Kier alpha value is -0.220. The quantitative estimate of drug-likeness (QED) is 0.812. The second-order valence-corrected chi connectivity index (χ2v) is 6.88. The molecule has 2 rings (SSSR count). The molecular formula is C13H24N2OS. The average molecular weight is 256 g/mol. The summed E-state index contributed by atoms with van der Waals surface area (Å²) in [6, 6.07) is 0.498. The Bertz CT molecular complexity index is 279. The normalized spacial score (nSPS) is 35.7. The van der Waals surface area contributed by atoms with E-state index in [0.29, 0.717) is 11.3 Å². The van der Waals surface area contributed by atoms with Crippen molar-refractivity contribution in [3.63, 3.8) is 0 Å². The van der Waals surface area contributed by atoms with Crippen molar-refractivity contribution in [2.75, 3.05) is 5.75 Å². The number of carbonyl (C=O) groups excluding carboxylic acids is 1. The van der Waals surface area contributed by atoms with E-state index in [4.69, 9.17) is 5.73 Å². The Kier molecular flexibility index (Phi) is 4.36. The minimum atomic E-state index is -0.453. The lowest BCUT2D eigenvalue weighted by Crippen LogP contribution is -2.65. The molecule has 2 unspecified atom stereocenters. The average Bonchev–Trinajstić information content (AvgIpc) is 2.33. The number of amides is 1. The molecule has 4 heteroatoms. The van der Waals surface area contributed by atoms with E-state index in [9.17, 15) is 4.79 Å². The number of rotatable bonds is 3. The van der Waals surface area contributed by atoms with Crippen LogP contribution in [0.2, 0.25) is 0 Å². The van der Waals surface area contributed by atoms with Gasteiger partial charge in [-0.3, -0.25) is 10.1 Å². The van der Waals surface area contributed by atoms with Crippen LogP contribution in [0.3, 0.4) is 0 Å². The predicted molar refractivity (Wildman–Crippen MR) is 73.1 cm³/mol. The zero-order chi connectivity index (χ0) is 12.3. The molecule has 1 amide bonds. The molecule has 2 fully saturated rings. The molecular weight excluding hydrogens is 232 g/mol. The van der Waals surface area contributed by atoms with Gasteiger partial charge in [-0.1, -0.05) is 26.2 Å². The summed E-state index contributed by atoms with van der Waals surface area (Å²) < 4.78 is 0. The number of hydrogen-bond acceptors (Lipinski definition) is 3. The van der Waals surface area contributed by atoms with E-state index in [1.165, 1.54) is 32.1 Å². The van der Waals surface area contributed by atoms with Gasteiger partial charge in [0, 0.05) is 11.3 Å². The van der Waals surface area contributed by atoms with Gasteiger partial charge in [0.05, 0.1) is 0 Å². The van der Waals surface area contributed by atoms with E-state index in [-0.39, 0.29) is 5.91 Å². The Morgan fingerprint density at radius 2 is 2.00 bits per heavy atom. The molecule has 0 radical (unpaired) electrons. The monoisotopic (exact) mass is 256 g/mol. The zero-order valence-corrected chi connectivity index (χ0v) is 11.5. The van der Waals surface area contributed by atoms with Gasteiger partial charge in [0.15, 0.2) is 0 Å². The largest absolute Gasteiger partial charge is 0.368 e. The highest BCUT2D eigenvalue weighted by molar-refractivity contribution is 8.00. The molecule has 0 aromatic rings. The van der Waals surface area contributed by atoms with Gasteiger partial charge < -0.3 is 5.73 Å². The molecule has 3 nitrogen and oxygen atoms in total. The maximum atomic E-state index is 11.9. The fourth-order valence-corrected chi connectivity index (χ4v) is 4.40. The minimum Gasteiger partial charge on any atom is -0.368 e. The Morgan fingerprint density at radius 3 is 2.59 bits per heavy atom. The number of carbonyl (C=O) groups is 1. The molecule has 1 aliphatic carbocycles. The highest BCUT2D eigenvalue weighted by atomic mass is 32.2. The maximum Gasteiger partial charge on any atom is 0.238 e. The number of nitrogens with one attached hydrogen (secondary N) is 1. The van der Waals surface area contributed by atoms with Gasteiger partial charge in [0.25, 0.3) is 0 Å². The van der Waals surface area contributed by atoms with Crippen molar-refractivity contribution < 1.29 is 4.79 Å². The molecule has 1 saturated heterocycles. The molecule has 0 aromatic heterocycles. The SMILES string of the molecule is CC1SCCCC1(NC1CCCCC1)C(N)=O. The second-order valence-electron chi connectivity index (χ2n) is 5.43. The van der Waals surface area contributed by atoms with Gasteiger partial charge in [-0.25, -0.2) is 0 Å². The first-order valence-corrected chi connectivity index (χ1v) is 7.89. The van der Waals surface area contributed by atoms with E-state index in [1.54, 1.807) is 0 Å². The molecule has 3 N–H and O–H groups in total. The van der Waals surface area contributed by atoms with E-state index in [2.05, 4.69) is 12.2 Å². The van der Waals surface area contributed by atoms with Crippen molar-refractivity contribution in [2.45, 2.75) is 68.7 Å². The summed E-state index contributed by atoms with van der Waals surface area (Å²) in [6.07, 6.45) is 8.32. The maximum absolute atomic E-state index is 11.9. The van der Waals surface area contributed by atoms with Crippen LogP contribution in [-0.4, -0.2) is 28.5 Å². The third kappa shape index (κ3) is 2.79. The van der Waals surface area contributed by atoms with Crippen molar-refractivity contribution in [3.8, 4) is 0 Å². The van der Waals surface area contributed by atoms with Crippen LogP contribution >= 0.6 is 11.8 Å². The lowest BCUT2D eigenvalue weighted by Gasteiger charge is -2.43. The summed E-state index contributed by atoms with van der Waals surface area (Å²) in [7, 11) is 0. The summed E-state index contributed by atoms with van der Waals surface area (Å²) in [4.78, 5) is 11.9. The summed E-state index contributed by atoms with van der Waals surface area (Å²) in [6.45, 7) is 2.14. The van der Waals surface area contributed by atoms with Crippen molar-refractivity contribution >= 4 is 17.7 Å². The Balaban J connectivity index is 2.07. The van der Waals surface area contributed by atoms with Crippen molar-refractivity contribution in [2.24, 2.45) is 5.73 Å². The highest BCUT2D eigenvalue weighted by Gasteiger charge is 2.45. The smallest absolute Gasteiger partial charge is 0.238 e. The number of nitrogens with two attached hydrogens (primary N) is 1. The lowest BCUT2D eigenvalue weighted by atomic mass is 9.85. The number of hydrogen-bond donors (Lipinski definition) is 2. The van der Waals surface area contributed by atoms with Gasteiger partial charge >= 0.3 is 0 Å². The predicted octanol–water partition coefficient (Wildman–Crippen LogP) is 2.05. The van der Waals surface area contributed by atoms with Crippen molar-refractivity contribution in [3.05, 3.63) is 0 Å². The topological polar surface area (TPSA) is 55.1 Å². The van der Waals surface area contributed by atoms with Gasteiger partial charge in [-0.2, -0.15) is 11.8 Å². The van der Waals surface area contributed by atoms with Crippen molar-refractivity contribution in [1.82, 2.24) is 5.32 Å². The van der Waals surface area contributed by atoms with Gasteiger partial charge in [0.2, 0.25) is 5.91 Å². The highest BCUT2D eigenvalue weighted by Crippen LogP contribution is 2.35. The van der Waals surface area contributed by atoms with E-state index >= 15 is 0 Å². The van der Waals surface area contributed by atoms with Crippen molar-refractivity contribution in [1.29, 1.82) is 0 Å². The van der Waals surface area contributed by atoms with Gasteiger partial charge in [-0.15, -0.1) is 0 Å². The molecule has 1 heterocycles. The first kappa shape index (κ1) is 13.2. The number of thioether (sulfide) groups is 1. The molecule has 0 aromatic carbocycles. The molecule has 2 atom stereocenters. The van der Waals surface area contributed by atoms with E-state index < -0.39 is 5.54 Å². The van der Waals surface area contributed by atoms with Crippen LogP contribution in [0.15, 0.2) is 0 Å². The molecule has 1 aliphatic heterocycles. The van der Waals surface area contributed by atoms with Gasteiger partial charge in [-0.05, 0) is 31.4 Å². The van der Waals surface area contributed by atoms with Crippen LogP contribution in [0.1, 0.15) is 51.9 Å². The van der Waals surface area contributed by atoms with Crippen LogP contribution in [0, 0.1) is 0 Å². The van der Waals surface area contributed by atoms with E-state index in [0.717, 1.165) is 18.6 Å². The van der Waals surface area contributed by atoms with Crippen LogP contribution in [0.5, 0.6) is 0 Å². The summed E-state index contributed by atoms with van der Waals surface area (Å²) in [5.74, 6) is 1.01. The first-order chi connectivity index (χ1) is 8.15. The molecule has 0 spiro atoms. The third-order valence-corrected chi connectivity index (χ3v) is 5.71. The van der Waals surface area contributed by atoms with Gasteiger partial charge in [0.1, 0.15) is 5.54 Å². The fourth-order valence-electron chi connectivity index (χ4n) is 3.15. The molecule has 98 valence electrons. The van der Waals surface area contributed by atoms with E-state index in [1.807, 2.05) is 11.8 Å². The molecule has 2 aliphatic rings. The standard InChI is InChI=1S/C13H24N2OS/c1-10-13(12(14)16,8-5-9-17-10)15-11-6-3-2-4-7-11/h10-11,15H,2-9H2,1H3,(H2,14,16). The lowest BCUT2D eigenvalue weighted by molar-refractivity contribution is -0.125. The summed E-state index contributed by atoms with van der Waals surface area (Å²) in [5.41, 5.74) is 5.24. The molecule has 17 heavy (non-hydrogen) atoms. The number of primary amides is 1. The summed E-state index contributed by atoms with van der Waals surface area (Å²) >= 11 is 1.88. The molecule has 1 saturated carbocycles. The van der Waals surface area contributed by atoms with Crippen LogP contribution in [0.25, 0.3) is 0 Å². The molecule has 0 bridgehead atoms.